The Bertz CT molecular complexity index is 1950. The number of anilines is 3. The van der Waals surface area contributed by atoms with Crippen molar-refractivity contribution in [3.8, 4) is 11.3 Å². The zero-order valence-electron chi connectivity index (χ0n) is 27.2. The molecule has 0 atom stereocenters. The first-order chi connectivity index (χ1) is 23.1. The maximum atomic E-state index is 15.1. The van der Waals surface area contributed by atoms with Crippen LogP contribution in [-0.2, 0) is 6.54 Å². The molecule has 2 saturated heterocycles. The first kappa shape index (κ1) is 31.6. The van der Waals surface area contributed by atoms with Gasteiger partial charge in [-0.1, -0.05) is 6.07 Å². The van der Waals surface area contributed by atoms with E-state index in [1.807, 2.05) is 55.8 Å². The van der Waals surface area contributed by atoms with Crippen LogP contribution in [0.5, 0.6) is 0 Å². The molecule has 5 heterocycles. The van der Waals surface area contributed by atoms with Crippen LogP contribution in [0.15, 0.2) is 60.9 Å². The van der Waals surface area contributed by atoms with Gasteiger partial charge < -0.3 is 20.5 Å². The molecule has 48 heavy (non-hydrogen) atoms. The van der Waals surface area contributed by atoms with Crippen LogP contribution in [0.3, 0.4) is 0 Å². The summed E-state index contributed by atoms with van der Waals surface area (Å²) in [5.74, 6) is -0.220. The molecule has 5 aromatic rings. The summed E-state index contributed by atoms with van der Waals surface area (Å²) in [5, 5.41) is 3.06. The van der Waals surface area contributed by atoms with Crippen molar-refractivity contribution in [2.24, 2.45) is 5.73 Å². The van der Waals surface area contributed by atoms with Gasteiger partial charge in [0.05, 0.1) is 11.7 Å². The number of fused-ring (bicyclic) bond motifs is 1. The van der Waals surface area contributed by atoms with Gasteiger partial charge in [0.1, 0.15) is 22.9 Å². The number of rotatable bonds is 9. The van der Waals surface area contributed by atoms with Crippen LogP contribution in [0, 0.1) is 18.6 Å². The Labute approximate surface area is 277 Å². The number of amides is 1. The minimum absolute atomic E-state index is 0.00770. The molecule has 0 spiro atoms. The molecule has 2 fully saturated rings. The summed E-state index contributed by atoms with van der Waals surface area (Å²) < 4.78 is 31.9. The number of pyridine rings is 1. The number of halogens is 2. The van der Waals surface area contributed by atoms with E-state index in [-0.39, 0.29) is 23.2 Å². The van der Waals surface area contributed by atoms with Gasteiger partial charge in [-0.25, -0.2) is 28.7 Å². The number of nitrogens with one attached hydrogen (secondary N) is 1. The van der Waals surface area contributed by atoms with Gasteiger partial charge in [-0.3, -0.25) is 14.6 Å². The van der Waals surface area contributed by atoms with Crippen LogP contribution in [0.1, 0.15) is 41.6 Å². The van der Waals surface area contributed by atoms with Crippen molar-refractivity contribution in [1.29, 1.82) is 0 Å². The van der Waals surface area contributed by atoms with Crippen molar-refractivity contribution >= 4 is 34.4 Å². The molecule has 0 radical (unpaired) electrons. The molecule has 2 aliphatic rings. The topological polar surface area (TPSA) is 121 Å². The summed E-state index contributed by atoms with van der Waals surface area (Å²) in [5.41, 5.74) is 9.22. The number of carbonyl (C=O) groups is 1. The number of nitrogens with two attached hydrogens (primary N) is 1. The van der Waals surface area contributed by atoms with Crippen molar-refractivity contribution in [1.82, 2.24) is 34.3 Å². The van der Waals surface area contributed by atoms with Gasteiger partial charge in [0, 0.05) is 80.9 Å². The molecule has 0 saturated carbocycles. The number of nitrogens with zero attached hydrogens (tertiary/aromatic N) is 8. The zero-order chi connectivity index (χ0) is 33.5. The van der Waals surface area contributed by atoms with E-state index in [9.17, 15) is 9.18 Å². The van der Waals surface area contributed by atoms with Gasteiger partial charge >= 0.3 is 0 Å². The number of benzene rings is 2. The highest BCUT2D eigenvalue weighted by molar-refractivity contribution is 5.93. The Kier molecular flexibility index (Phi) is 8.48. The summed E-state index contributed by atoms with van der Waals surface area (Å²) in [7, 11) is 0. The first-order valence-electron chi connectivity index (χ1n) is 16.2. The van der Waals surface area contributed by atoms with E-state index in [0.29, 0.717) is 34.3 Å². The van der Waals surface area contributed by atoms with Crippen LogP contribution in [0.4, 0.5) is 26.2 Å². The lowest BCUT2D eigenvalue weighted by molar-refractivity contribution is 0.0795. The Morgan fingerprint density at radius 1 is 0.958 bits per heavy atom. The van der Waals surface area contributed by atoms with E-state index >= 15 is 4.39 Å². The molecule has 13 heteroatoms. The summed E-state index contributed by atoms with van der Waals surface area (Å²) in [6, 6.07) is 14.9. The maximum Gasteiger partial charge on any atom is 0.248 e. The SMILES string of the molecule is Cc1nc2c(F)cc(-c3nc(Nc4ccc(CN5CCN(C6CN(c7ccc(C(N)=O)cc7)C6)CC5)cn4)ncc3F)cc2n1C(C)C. The zero-order valence-corrected chi connectivity index (χ0v) is 27.2. The van der Waals surface area contributed by atoms with E-state index in [2.05, 4.69) is 40.0 Å². The molecular formula is C35H38F2N10O. The lowest BCUT2D eigenvalue weighted by Crippen LogP contribution is -2.63. The van der Waals surface area contributed by atoms with Gasteiger partial charge in [-0.2, -0.15) is 0 Å². The van der Waals surface area contributed by atoms with Gasteiger partial charge in [0.15, 0.2) is 11.6 Å². The second-order valence-electron chi connectivity index (χ2n) is 12.8. The fraction of sp³-hybridized carbons (Fsp3) is 0.343. The Morgan fingerprint density at radius 2 is 1.71 bits per heavy atom. The number of imidazole rings is 1. The standard InChI is InChI=1S/C35H38F2N10O/c1-21(2)47-22(3)41-33-28(36)14-25(15-30(33)47)32-29(37)17-40-35(43-32)42-31-9-4-23(16-39-31)18-44-10-12-45(13-11-44)27-19-46(20-27)26-7-5-24(6-8-26)34(38)48/h4-9,14-17,21,27H,10-13,18-20H2,1-3H3,(H2,38,48)(H,39,40,42,43). The third kappa shape index (κ3) is 6.30. The lowest BCUT2D eigenvalue weighted by atomic mass is 10.0. The van der Waals surface area contributed by atoms with Crippen LogP contribution in [0.2, 0.25) is 0 Å². The summed E-state index contributed by atoms with van der Waals surface area (Å²) in [6.45, 7) is 12.5. The van der Waals surface area contributed by atoms with Gasteiger partial charge in [-0.05, 0) is 68.8 Å². The highest BCUT2D eigenvalue weighted by atomic mass is 19.1. The normalized spacial score (nSPS) is 16.1. The van der Waals surface area contributed by atoms with Gasteiger partial charge in [-0.15, -0.1) is 0 Å². The smallest absolute Gasteiger partial charge is 0.248 e. The third-order valence-electron chi connectivity index (χ3n) is 9.23. The van der Waals surface area contributed by atoms with Crippen LogP contribution >= 0.6 is 0 Å². The third-order valence-corrected chi connectivity index (χ3v) is 9.23. The molecule has 1 amide bonds. The average molecular weight is 653 g/mol. The Balaban J connectivity index is 0.938. The monoisotopic (exact) mass is 652 g/mol. The van der Waals surface area contributed by atoms with E-state index < -0.39 is 17.5 Å². The highest BCUT2D eigenvalue weighted by Gasteiger charge is 2.33. The second-order valence-corrected chi connectivity index (χ2v) is 12.8. The fourth-order valence-corrected chi connectivity index (χ4v) is 6.67. The fourth-order valence-electron chi connectivity index (χ4n) is 6.67. The van der Waals surface area contributed by atoms with Crippen molar-refractivity contribution < 1.29 is 13.6 Å². The van der Waals surface area contributed by atoms with Gasteiger partial charge in [0.2, 0.25) is 11.9 Å². The van der Waals surface area contributed by atoms with Crippen molar-refractivity contribution in [3.05, 3.63) is 89.5 Å². The number of hydrogen-bond acceptors (Lipinski definition) is 9. The summed E-state index contributed by atoms with van der Waals surface area (Å²) in [6.07, 6.45) is 2.90. The first-order valence-corrected chi connectivity index (χ1v) is 16.2. The molecule has 3 N–H and O–H groups in total. The van der Waals surface area contributed by atoms with E-state index in [1.54, 1.807) is 18.2 Å². The molecule has 0 bridgehead atoms. The molecule has 0 aliphatic carbocycles. The van der Waals surface area contributed by atoms with Crippen LogP contribution < -0.4 is 16.0 Å². The Hall–Kier alpha value is -5.01. The number of piperazine rings is 1. The highest BCUT2D eigenvalue weighted by Crippen LogP contribution is 2.31. The molecule has 11 nitrogen and oxygen atoms in total. The largest absolute Gasteiger partial charge is 0.368 e. The molecule has 2 aromatic carbocycles. The van der Waals surface area contributed by atoms with E-state index in [0.717, 1.165) is 63.3 Å². The molecule has 2 aliphatic heterocycles. The van der Waals surface area contributed by atoms with Crippen LogP contribution in [0.25, 0.3) is 22.3 Å². The minimum Gasteiger partial charge on any atom is -0.368 e. The second kappa shape index (κ2) is 12.9. The van der Waals surface area contributed by atoms with Crippen molar-refractivity contribution in [2.75, 3.05) is 49.5 Å². The summed E-state index contributed by atoms with van der Waals surface area (Å²) in [4.78, 5) is 36.0. The van der Waals surface area contributed by atoms with Crippen LogP contribution in [-0.4, -0.2) is 85.5 Å². The predicted molar refractivity (Wildman–Crippen MR) is 181 cm³/mol. The lowest BCUT2D eigenvalue weighted by Gasteiger charge is -2.49. The number of aryl methyl sites for hydroxylation is 1. The number of hydrogen-bond donors (Lipinski definition) is 2. The number of primary amides is 1. The van der Waals surface area contributed by atoms with E-state index in [1.165, 1.54) is 6.07 Å². The van der Waals surface area contributed by atoms with Crippen molar-refractivity contribution in [2.45, 2.75) is 39.4 Å². The molecule has 248 valence electrons. The molecule has 7 rings (SSSR count). The van der Waals surface area contributed by atoms with Crippen molar-refractivity contribution in [3.63, 3.8) is 0 Å². The maximum absolute atomic E-state index is 15.1. The minimum atomic E-state index is -0.652. The molecule has 0 unspecified atom stereocenters. The quantitative estimate of drug-likeness (QED) is 0.229. The Morgan fingerprint density at radius 3 is 2.38 bits per heavy atom. The number of carbonyl (C=O) groups excluding carboxylic acids is 1. The number of aromatic nitrogens is 5. The average Bonchev–Trinajstić information content (AvgIpc) is 3.40. The predicted octanol–water partition coefficient (Wildman–Crippen LogP) is 4.90. The molecular weight excluding hydrogens is 614 g/mol. The molecule has 3 aromatic heterocycles. The van der Waals surface area contributed by atoms with E-state index in [4.69, 9.17) is 5.73 Å². The van der Waals surface area contributed by atoms with Gasteiger partial charge in [0.25, 0.3) is 0 Å². The summed E-state index contributed by atoms with van der Waals surface area (Å²) >= 11 is 0.